The van der Waals surface area contributed by atoms with Gasteiger partial charge in [-0.2, -0.15) is 13.2 Å². The van der Waals surface area contributed by atoms with E-state index < -0.39 is 81.0 Å². The third kappa shape index (κ3) is 8.84. The van der Waals surface area contributed by atoms with Crippen molar-refractivity contribution >= 4 is 34.5 Å². The highest BCUT2D eigenvalue weighted by molar-refractivity contribution is 7.84. The van der Waals surface area contributed by atoms with E-state index in [1.807, 2.05) is 0 Å². The quantitative estimate of drug-likeness (QED) is 0.144. The van der Waals surface area contributed by atoms with Crippen LogP contribution in [0.25, 0.3) is 11.3 Å². The Morgan fingerprint density at radius 1 is 1.05 bits per heavy atom. The maximum absolute atomic E-state index is 15.3. The summed E-state index contributed by atoms with van der Waals surface area (Å²) >= 11 is 0. The fraction of sp³-hybridized carbons (Fsp3) is 0.487. The Bertz CT molecular complexity index is 2030. The molecule has 1 saturated heterocycles. The Labute approximate surface area is 324 Å². The van der Waals surface area contributed by atoms with Crippen molar-refractivity contribution in [2.24, 2.45) is 0 Å². The van der Waals surface area contributed by atoms with Crippen LogP contribution in [-0.2, 0) is 31.7 Å². The Morgan fingerprint density at radius 3 is 2.27 bits per heavy atom. The van der Waals surface area contributed by atoms with Gasteiger partial charge in [0.2, 0.25) is 5.60 Å². The molecule has 1 fully saturated rings. The average molecular weight is 807 g/mol. The number of alkyl halides is 3. The zero-order valence-corrected chi connectivity index (χ0v) is 33.2. The molecule has 304 valence electrons. The van der Waals surface area contributed by atoms with Crippen molar-refractivity contribution in [3.05, 3.63) is 71.2 Å². The standard InChI is InChI=1S/C39H46F4N4O8S/c1-35(2,3)55-34(50)47-21-37(7,46-56(52)36(4,5)6)25-20-30(45-31(32(25)47)22-9-12-24(40)13-10-22)38(51,39(41,42)43)17-15-26(48)23-11-14-27(29(19-23)53-8)54-28-16-18-44-33(28)49/h9-14,19-20,28,46,51H,15-18,21H2,1-8H3,(H,44,49)/t28-,37+,38+,56?/m0/s1. The predicted molar refractivity (Wildman–Crippen MR) is 200 cm³/mol. The van der Waals surface area contributed by atoms with Crippen molar-refractivity contribution in [3.63, 3.8) is 0 Å². The first kappa shape index (κ1) is 42.5. The van der Waals surface area contributed by atoms with Gasteiger partial charge in [-0.05, 0) is 103 Å². The second kappa shape index (κ2) is 15.4. The van der Waals surface area contributed by atoms with E-state index in [0.717, 1.165) is 18.2 Å². The van der Waals surface area contributed by atoms with E-state index in [1.54, 1.807) is 48.5 Å². The number of ketones is 1. The summed E-state index contributed by atoms with van der Waals surface area (Å²) in [7, 11) is -0.525. The minimum absolute atomic E-state index is 0.000562. The number of pyridine rings is 1. The summed E-state index contributed by atoms with van der Waals surface area (Å²) in [6.07, 6.45) is -8.65. The van der Waals surface area contributed by atoms with Crippen LogP contribution in [0.5, 0.6) is 11.5 Å². The van der Waals surface area contributed by atoms with Crippen LogP contribution in [0.15, 0.2) is 48.5 Å². The molecule has 2 amide bonds. The maximum atomic E-state index is 15.3. The average Bonchev–Trinajstić information content (AvgIpc) is 3.64. The third-order valence-electron chi connectivity index (χ3n) is 9.30. The van der Waals surface area contributed by atoms with Gasteiger partial charge in [0.1, 0.15) is 11.4 Å². The van der Waals surface area contributed by atoms with Crippen LogP contribution in [0, 0.1) is 5.82 Å². The number of carbonyl (C=O) groups is 3. The van der Waals surface area contributed by atoms with Crippen LogP contribution >= 0.6 is 0 Å². The van der Waals surface area contributed by atoms with Gasteiger partial charge in [0.25, 0.3) is 5.91 Å². The Balaban J connectivity index is 1.61. The number of hydrogen-bond donors (Lipinski definition) is 3. The zero-order valence-electron chi connectivity index (χ0n) is 32.4. The van der Waals surface area contributed by atoms with Crippen LogP contribution in [0.2, 0.25) is 0 Å². The second-order valence-electron chi connectivity index (χ2n) is 16.0. The SMILES string of the molecule is COc1cc(C(=O)CC[C@@](O)(c2cc3c(c(-c4ccc(F)cc4)n2)N(C(=O)OC(C)(C)C)C[C@@]3(C)NS(=O)C(C)(C)C)C(F)(F)F)ccc1O[C@H]1CCNC1=O. The molecule has 0 bridgehead atoms. The molecule has 2 aliphatic rings. The van der Waals surface area contributed by atoms with Gasteiger partial charge in [-0.1, -0.05) is 0 Å². The number of benzene rings is 2. The first-order chi connectivity index (χ1) is 25.9. The van der Waals surface area contributed by atoms with Gasteiger partial charge in [-0.25, -0.2) is 23.1 Å². The van der Waals surface area contributed by atoms with Gasteiger partial charge in [-0.3, -0.25) is 14.5 Å². The minimum atomic E-state index is -5.40. The number of fused-ring (bicyclic) bond motifs is 1. The fourth-order valence-corrected chi connectivity index (χ4v) is 7.17. The molecule has 3 aromatic rings. The zero-order chi connectivity index (χ0) is 41.6. The van der Waals surface area contributed by atoms with Crippen molar-refractivity contribution in [2.45, 2.75) is 101 Å². The second-order valence-corrected chi connectivity index (χ2v) is 17.9. The molecule has 0 saturated carbocycles. The summed E-state index contributed by atoms with van der Waals surface area (Å²) in [4.78, 5) is 44.8. The van der Waals surface area contributed by atoms with Crippen molar-refractivity contribution in [1.82, 2.24) is 15.0 Å². The number of aliphatic hydroxyl groups is 1. The molecule has 0 spiro atoms. The molecule has 2 aliphatic heterocycles. The number of amides is 2. The number of rotatable bonds is 11. The number of methoxy groups -OCH3 is 1. The summed E-state index contributed by atoms with van der Waals surface area (Å²) < 4.78 is 92.4. The third-order valence-corrected chi connectivity index (χ3v) is 11.0. The predicted octanol–water partition coefficient (Wildman–Crippen LogP) is 6.60. The van der Waals surface area contributed by atoms with Gasteiger partial charge in [0.05, 0.1) is 52.0 Å². The number of hydrogen-bond acceptors (Lipinski definition) is 9. The lowest BCUT2D eigenvalue weighted by Gasteiger charge is -2.33. The Kier molecular flexibility index (Phi) is 11.7. The van der Waals surface area contributed by atoms with E-state index in [-0.39, 0.29) is 52.0 Å². The molecule has 3 N–H and O–H groups in total. The van der Waals surface area contributed by atoms with E-state index in [9.17, 15) is 28.1 Å². The lowest BCUT2D eigenvalue weighted by Crippen LogP contribution is -2.50. The number of halogens is 4. The van der Waals surface area contributed by atoms with Gasteiger partial charge in [0.15, 0.2) is 23.4 Å². The summed E-state index contributed by atoms with van der Waals surface area (Å²) in [5.74, 6) is -1.53. The maximum Gasteiger partial charge on any atom is 0.422 e. The summed E-state index contributed by atoms with van der Waals surface area (Å²) in [6.45, 7) is 11.7. The summed E-state index contributed by atoms with van der Waals surface area (Å²) in [5, 5.41) is 14.4. The number of anilines is 1. The molecule has 12 nitrogen and oxygen atoms in total. The molecule has 5 rings (SSSR count). The monoisotopic (exact) mass is 806 g/mol. The molecular weight excluding hydrogens is 761 g/mol. The van der Waals surface area contributed by atoms with Crippen LogP contribution in [0.4, 0.5) is 28.0 Å². The lowest BCUT2D eigenvalue weighted by molar-refractivity contribution is -0.270. The van der Waals surface area contributed by atoms with Gasteiger partial charge >= 0.3 is 12.3 Å². The number of Topliss-reactive ketones (excluding diaryl/α,β-unsaturated/α-hetero) is 1. The number of aromatic nitrogens is 1. The van der Waals surface area contributed by atoms with E-state index >= 15 is 13.2 Å². The van der Waals surface area contributed by atoms with Crippen LogP contribution in [0.3, 0.4) is 0 Å². The first-order valence-corrected chi connectivity index (χ1v) is 19.0. The highest BCUT2D eigenvalue weighted by Gasteiger charge is 2.57. The Hall–Kier alpha value is -4.61. The van der Waals surface area contributed by atoms with Crippen LogP contribution in [-0.4, -0.2) is 74.9 Å². The molecule has 3 heterocycles. The minimum Gasteiger partial charge on any atom is -0.493 e. The summed E-state index contributed by atoms with van der Waals surface area (Å²) in [6, 6.07) is 9.62. The summed E-state index contributed by atoms with van der Waals surface area (Å²) in [5.41, 5.74) is -7.28. The van der Waals surface area contributed by atoms with Gasteiger partial charge in [-0.15, -0.1) is 0 Å². The molecule has 1 aromatic heterocycles. The molecule has 56 heavy (non-hydrogen) atoms. The topological polar surface area (TPSA) is 156 Å². The van der Waals surface area contributed by atoms with Crippen molar-refractivity contribution < 1.29 is 55.5 Å². The lowest BCUT2D eigenvalue weighted by atomic mass is 9.86. The van der Waals surface area contributed by atoms with Crippen LogP contribution < -0.4 is 24.4 Å². The molecule has 0 aliphatic carbocycles. The first-order valence-electron chi connectivity index (χ1n) is 17.8. The smallest absolute Gasteiger partial charge is 0.422 e. The number of carbonyl (C=O) groups excluding carboxylic acids is 3. The molecule has 17 heteroatoms. The van der Waals surface area contributed by atoms with E-state index in [4.69, 9.17) is 14.2 Å². The fourth-order valence-electron chi connectivity index (χ4n) is 6.28. The molecule has 1 unspecified atom stereocenters. The van der Waals surface area contributed by atoms with E-state index in [2.05, 4.69) is 15.0 Å². The normalized spacial score (nSPS) is 20.2. The Morgan fingerprint density at radius 2 is 1.71 bits per heavy atom. The molecule has 4 atom stereocenters. The van der Waals surface area contributed by atoms with Gasteiger partial charge in [0, 0.05) is 36.1 Å². The number of nitrogens with zero attached hydrogens (tertiary/aromatic N) is 2. The van der Waals surface area contributed by atoms with Crippen molar-refractivity contribution in [3.8, 4) is 22.8 Å². The highest BCUT2D eigenvalue weighted by Crippen LogP contribution is 2.50. The largest absolute Gasteiger partial charge is 0.493 e. The van der Waals surface area contributed by atoms with Crippen molar-refractivity contribution in [1.29, 1.82) is 0 Å². The van der Waals surface area contributed by atoms with Gasteiger partial charge < -0.3 is 24.6 Å². The van der Waals surface area contributed by atoms with Crippen LogP contribution in [0.1, 0.15) is 89.3 Å². The number of nitrogens with one attached hydrogen (secondary N) is 2. The molecule has 2 aromatic carbocycles. The number of ether oxygens (including phenoxy) is 3. The molecule has 0 radical (unpaired) electrons. The van der Waals surface area contributed by atoms with E-state index in [1.165, 1.54) is 42.3 Å². The molecular formula is C39H46F4N4O8S. The van der Waals surface area contributed by atoms with E-state index in [0.29, 0.717) is 13.0 Å². The van der Waals surface area contributed by atoms with Crippen molar-refractivity contribution in [2.75, 3.05) is 25.1 Å². The highest BCUT2D eigenvalue weighted by atomic mass is 32.2.